The number of nitrogens with one attached hydrogen (secondary N) is 1. The third-order valence-electron chi connectivity index (χ3n) is 2.04. The number of carboxylic acids is 1. The molecule has 0 radical (unpaired) electrons. The third kappa shape index (κ3) is 3.36. The number of aromatic carboxylic acids is 1. The molecule has 1 aromatic heterocycles. The second-order valence-corrected chi connectivity index (χ2v) is 3.30. The maximum absolute atomic E-state index is 10.8. The van der Waals surface area contributed by atoms with Crippen molar-refractivity contribution in [1.82, 2.24) is 10.3 Å². The van der Waals surface area contributed by atoms with E-state index in [9.17, 15) is 4.79 Å². The zero-order chi connectivity index (χ0) is 12.0. The molecular formula is C11H15N3O2. The number of nitrogens with two attached hydrogens (primary N) is 1. The number of nitrogens with zero attached hydrogens (tertiary/aromatic N) is 1. The quantitative estimate of drug-likeness (QED) is 0.645. The van der Waals surface area contributed by atoms with Gasteiger partial charge in [-0.1, -0.05) is 12.2 Å². The van der Waals surface area contributed by atoms with Gasteiger partial charge in [0, 0.05) is 6.20 Å². The van der Waals surface area contributed by atoms with E-state index in [4.69, 9.17) is 10.8 Å². The first-order valence-corrected chi connectivity index (χ1v) is 4.95. The molecule has 4 N–H and O–H groups in total. The Hall–Kier alpha value is -1.88. The first-order chi connectivity index (χ1) is 7.65. The monoisotopic (exact) mass is 221 g/mol. The molecule has 0 atom stereocenters. The van der Waals surface area contributed by atoms with Crippen molar-refractivity contribution in [2.75, 3.05) is 19.3 Å². The summed E-state index contributed by atoms with van der Waals surface area (Å²) in [4.78, 5) is 14.6. The van der Waals surface area contributed by atoms with Crippen molar-refractivity contribution in [1.29, 1.82) is 0 Å². The molecule has 1 heterocycles. The molecule has 0 aromatic carbocycles. The molecule has 0 saturated carbocycles. The lowest BCUT2D eigenvalue weighted by Gasteiger charge is -2.00. The van der Waals surface area contributed by atoms with Crippen LogP contribution in [0.3, 0.4) is 0 Å². The number of carboxylic acid groups (broad SMARTS) is 1. The predicted octanol–water partition coefficient (Wildman–Crippen LogP) is 0.985. The zero-order valence-corrected chi connectivity index (χ0v) is 9.10. The van der Waals surface area contributed by atoms with Gasteiger partial charge in [0.2, 0.25) is 0 Å². The minimum absolute atomic E-state index is 0.0377. The van der Waals surface area contributed by atoms with Crippen LogP contribution in [0.4, 0.5) is 5.82 Å². The van der Waals surface area contributed by atoms with Gasteiger partial charge in [0.1, 0.15) is 11.4 Å². The number of pyridine rings is 1. The molecule has 0 aliphatic heterocycles. The summed E-state index contributed by atoms with van der Waals surface area (Å²) in [5.74, 6) is -1.02. The van der Waals surface area contributed by atoms with E-state index in [0.29, 0.717) is 0 Å². The van der Waals surface area contributed by atoms with Crippen LogP contribution < -0.4 is 11.1 Å². The molecule has 1 aromatic rings. The summed E-state index contributed by atoms with van der Waals surface area (Å²) in [5, 5.41) is 11.9. The molecule has 5 heteroatoms. The molecule has 0 aliphatic rings. The fourth-order valence-electron chi connectivity index (χ4n) is 1.20. The fourth-order valence-corrected chi connectivity index (χ4v) is 1.20. The Morgan fingerprint density at radius 2 is 2.44 bits per heavy atom. The number of anilines is 1. The van der Waals surface area contributed by atoms with Crippen molar-refractivity contribution in [3.05, 3.63) is 29.5 Å². The SMILES string of the molecule is CNCCC=Cc1cnc(N)c(C(=O)O)c1. The Labute approximate surface area is 94.0 Å². The van der Waals surface area contributed by atoms with E-state index in [2.05, 4.69) is 10.3 Å². The minimum atomic E-state index is -1.06. The highest BCUT2D eigenvalue weighted by Gasteiger charge is 2.08. The average Bonchev–Trinajstić information content (AvgIpc) is 2.26. The van der Waals surface area contributed by atoms with Gasteiger partial charge in [-0.05, 0) is 31.6 Å². The lowest BCUT2D eigenvalue weighted by Crippen LogP contribution is -2.06. The van der Waals surface area contributed by atoms with E-state index < -0.39 is 5.97 Å². The number of hydrogen-bond donors (Lipinski definition) is 3. The summed E-state index contributed by atoms with van der Waals surface area (Å²) < 4.78 is 0. The molecule has 0 aliphatic carbocycles. The van der Waals surface area contributed by atoms with Gasteiger partial charge in [0.15, 0.2) is 0 Å². The number of rotatable bonds is 5. The molecule has 0 spiro atoms. The maximum Gasteiger partial charge on any atom is 0.339 e. The lowest BCUT2D eigenvalue weighted by atomic mass is 10.1. The van der Waals surface area contributed by atoms with Crippen molar-refractivity contribution in [2.45, 2.75) is 6.42 Å². The topological polar surface area (TPSA) is 88.2 Å². The minimum Gasteiger partial charge on any atom is -0.478 e. The van der Waals surface area contributed by atoms with E-state index in [0.717, 1.165) is 18.5 Å². The maximum atomic E-state index is 10.8. The Balaban J connectivity index is 2.78. The third-order valence-corrected chi connectivity index (χ3v) is 2.04. The number of aromatic nitrogens is 1. The lowest BCUT2D eigenvalue weighted by molar-refractivity contribution is 0.0697. The van der Waals surface area contributed by atoms with Crippen LogP contribution in [-0.4, -0.2) is 29.7 Å². The van der Waals surface area contributed by atoms with Crippen molar-refractivity contribution in [3.63, 3.8) is 0 Å². The number of carbonyl (C=O) groups is 1. The molecule has 0 saturated heterocycles. The molecule has 5 nitrogen and oxygen atoms in total. The van der Waals surface area contributed by atoms with Crippen LogP contribution in [0, 0.1) is 0 Å². The van der Waals surface area contributed by atoms with Gasteiger partial charge < -0.3 is 16.2 Å². The molecule has 1 rings (SSSR count). The zero-order valence-electron chi connectivity index (χ0n) is 9.10. The Morgan fingerprint density at radius 1 is 1.69 bits per heavy atom. The van der Waals surface area contributed by atoms with Gasteiger partial charge in [-0.2, -0.15) is 0 Å². The summed E-state index contributed by atoms with van der Waals surface area (Å²) in [7, 11) is 1.88. The normalized spacial score (nSPS) is 10.8. The van der Waals surface area contributed by atoms with Gasteiger partial charge in [0.25, 0.3) is 0 Å². The standard InChI is InChI=1S/C11H15N3O2/c1-13-5-3-2-4-8-6-9(11(15)16)10(12)14-7-8/h2,4,6-7,13H,3,5H2,1H3,(H2,12,14)(H,15,16). The van der Waals surface area contributed by atoms with Crippen molar-refractivity contribution in [2.24, 2.45) is 0 Å². The number of nitrogen functional groups attached to an aromatic ring is 1. The molecule has 0 fully saturated rings. The fraction of sp³-hybridized carbons (Fsp3) is 0.273. The van der Waals surface area contributed by atoms with Crippen molar-refractivity contribution < 1.29 is 9.90 Å². The second kappa shape index (κ2) is 5.87. The van der Waals surface area contributed by atoms with Crippen LogP contribution in [0.1, 0.15) is 22.3 Å². The summed E-state index contributed by atoms with van der Waals surface area (Å²) >= 11 is 0. The molecule has 0 amide bonds. The first-order valence-electron chi connectivity index (χ1n) is 4.95. The first kappa shape index (κ1) is 12.2. The van der Waals surface area contributed by atoms with Gasteiger partial charge in [-0.15, -0.1) is 0 Å². The van der Waals surface area contributed by atoms with Crippen LogP contribution in [0.25, 0.3) is 6.08 Å². The Bertz CT molecular complexity index is 402. The highest BCUT2D eigenvalue weighted by molar-refractivity contribution is 5.93. The Kier molecular flexibility index (Phi) is 4.47. The number of hydrogen-bond acceptors (Lipinski definition) is 4. The summed E-state index contributed by atoms with van der Waals surface area (Å²) in [6.45, 7) is 0.880. The summed E-state index contributed by atoms with van der Waals surface area (Å²) in [6.07, 6.45) is 6.21. The van der Waals surface area contributed by atoms with Gasteiger partial charge in [-0.25, -0.2) is 9.78 Å². The van der Waals surface area contributed by atoms with Crippen LogP contribution in [0.2, 0.25) is 0 Å². The smallest absolute Gasteiger partial charge is 0.339 e. The van der Waals surface area contributed by atoms with E-state index in [1.807, 2.05) is 19.2 Å². The van der Waals surface area contributed by atoms with Crippen molar-refractivity contribution in [3.8, 4) is 0 Å². The predicted molar refractivity (Wildman–Crippen MR) is 63.2 cm³/mol. The largest absolute Gasteiger partial charge is 0.478 e. The second-order valence-electron chi connectivity index (χ2n) is 3.30. The van der Waals surface area contributed by atoms with Gasteiger partial charge >= 0.3 is 5.97 Å². The molecule has 0 unspecified atom stereocenters. The summed E-state index contributed by atoms with van der Waals surface area (Å²) in [6, 6.07) is 1.51. The van der Waals surface area contributed by atoms with E-state index in [-0.39, 0.29) is 11.4 Å². The molecule has 0 bridgehead atoms. The van der Waals surface area contributed by atoms with Crippen LogP contribution in [0.15, 0.2) is 18.3 Å². The Morgan fingerprint density at radius 3 is 3.06 bits per heavy atom. The van der Waals surface area contributed by atoms with Crippen LogP contribution >= 0.6 is 0 Å². The highest BCUT2D eigenvalue weighted by Crippen LogP contribution is 2.12. The van der Waals surface area contributed by atoms with E-state index >= 15 is 0 Å². The van der Waals surface area contributed by atoms with E-state index in [1.54, 1.807) is 6.20 Å². The van der Waals surface area contributed by atoms with E-state index in [1.165, 1.54) is 6.07 Å². The summed E-state index contributed by atoms with van der Waals surface area (Å²) in [5.41, 5.74) is 6.22. The van der Waals surface area contributed by atoms with Gasteiger partial charge in [0.05, 0.1) is 0 Å². The molecule has 86 valence electrons. The highest BCUT2D eigenvalue weighted by atomic mass is 16.4. The van der Waals surface area contributed by atoms with Gasteiger partial charge in [-0.3, -0.25) is 0 Å². The van der Waals surface area contributed by atoms with Crippen LogP contribution in [-0.2, 0) is 0 Å². The average molecular weight is 221 g/mol. The molecular weight excluding hydrogens is 206 g/mol. The van der Waals surface area contributed by atoms with Crippen LogP contribution in [0.5, 0.6) is 0 Å². The molecule has 16 heavy (non-hydrogen) atoms. The van der Waals surface area contributed by atoms with Crippen molar-refractivity contribution >= 4 is 17.9 Å².